The molecule has 1 aromatic carbocycles. The fraction of sp³-hybridized carbons (Fsp3) is 0.300. The Hall–Kier alpha value is -1.15. The molecule has 1 atom stereocenters. The fourth-order valence-electron chi connectivity index (χ4n) is 1.60. The van der Waals surface area contributed by atoms with Crippen molar-refractivity contribution in [3.8, 4) is 0 Å². The van der Waals surface area contributed by atoms with Crippen molar-refractivity contribution in [3.63, 3.8) is 0 Å². The molecule has 0 amide bonds. The molecule has 0 heterocycles. The van der Waals surface area contributed by atoms with Crippen molar-refractivity contribution in [1.29, 1.82) is 0 Å². The van der Waals surface area contributed by atoms with Crippen molar-refractivity contribution in [2.75, 3.05) is 0 Å². The lowest BCUT2D eigenvalue weighted by Gasteiger charge is -2.19. The molecule has 0 saturated heterocycles. The molecule has 0 radical (unpaired) electrons. The van der Waals surface area contributed by atoms with Crippen LogP contribution in [0, 0.1) is 0 Å². The van der Waals surface area contributed by atoms with E-state index in [0.717, 1.165) is 5.56 Å². The Bertz CT molecular complexity index is 319. The molecule has 0 bridgehead atoms. The third-order valence-electron chi connectivity index (χ3n) is 2.34. The molecule has 1 aliphatic carbocycles. The quantitative estimate of drug-likeness (QED) is 0.608. The lowest BCUT2D eigenvalue weighted by molar-refractivity contribution is -0.120. The summed E-state index contributed by atoms with van der Waals surface area (Å²) in [5.74, 6) is 0.161. The van der Waals surface area contributed by atoms with Crippen LogP contribution < -0.4 is 5.73 Å². The maximum absolute atomic E-state index is 11.2. The average Bonchev–Trinajstić information content (AvgIpc) is 2.07. The second kappa shape index (κ2) is 2.72. The zero-order chi connectivity index (χ0) is 8.55. The lowest BCUT2D eigenvalue weighted by atomic mass is 9.88. The number of rotatable bonds is 0. The first-order valence-corrected chi connectivity index (χ1v) is 4.12. The van der Waals surface area contributed by atoms with Gasteiger partial charge in [0.1, 0.15) is 0 Å². The van der Waals surface area contributed by atoms with Crippen LogP contribution in [0.2, 0.25) is 0 Å². The number of nitrogens with two attached hydrogens (primary N) is 1. The highest BCUT2D eigenvalue weighted by molar-refractivity contribution is 5.88. The number of hydrogen-bond donors (Lipinski definition) is 1. The van der Waals surface area contributed by atoms with Gasteiger partial charge in [-0.15, -0.1) is 0 Å². The largest absolute Gasteiger partial charge is 0.321 e. The first-order valence-electron chi connectivity index (χ1n) is 4.12. The first kappa shape index (κ1) is 7.50. The Balaban J connectivity index is 2.40. The van der Waals surface area contributed by atoms with Crippen molar-refractivity contribution in [3.05, 3.63) is 35.4 Å². The number of benzene rings is 1. The van der Waals surface area contributed by atoms with E-state index in [1.54, 1.807) is 0 Å². The van der Waals surface area contributed by atoms with Gasteiger partial charge in [-0.3, -0.25) is 4.79 Å². The second-order valence-corrected chi connectivity index (χ2v) is 3.22. The lowest BCUT2D eigenvalue weighted by Crippen LogP contribution is -2.37. The van der Waals surface area contributed by atoms with Crippen molar-refractivity contribution < 1.29 is 4.79 Å². The molecule has 0 fully saturated rings. The van der Waals surface area contributed by atoms with Gasteiger partial charge >= 0.3 is 0 Å². The monoisotopic (exact) mass is 161 g/mol. The molecule has 0 saturated carbocycles. The Morgan fingerprint density at radius 3 is 2.67 bits per heavy atom. The van der Waals surface area contributed by atoms with Gasteiger partial charge in [0.05, 0.1) is 6.04 Å². The van der Waals surface area contributed by atoms with Crippen LogP contribution in [0.15, 0.2) is 24.3 Å². The molecule has 0 aromatic heterocycles. The fourth-order valence-corrected chi connectivity index (χ4v) is 1.60. The highest BCUT2D eigenvalue weighted by Gasteiger charge is 2.21. The number of carbonyl (C=O) groups is 1. The molecule has 2 heteroatoms. The Morgan fingerprint density at radius 1 is 1.25 bits per heavy atom. The number of ketones is 1. The van der Waals surface area contributed by atoms with Crippen molar-refractivity contribution in [2.24, 2.45) is 5.73 Å². The molecule has 2 nitrogen and oxygen atoms in total. The van der Waals surface area contributed by atoms with Gasteiger partial charge in [-0.2, -0.15) is 0 Å². The average molecular weight is 161 g/mol. The minimum absolute atomic E-state index is 0.161. The number of carbonyl (C=O) groups excluding carboxylic acids is 1. The maximum atomic E-state index is 11.2. The van der Waals surface area contributed by atoms with E-state index in [1.807, 2.05) is 24.3 Å². The van der Waals surface area contributed by atoms with Crippen LogP contribution in [0.4, 0.5) is 0 Å². The van der Waals surface area contributed by atoms with E-state index in [0.29, 0.717) is 12.8 Å². The van der Waals surface area contributed by atoms with Gasteiger partial charge in [-0.05, 0) is 17.5 Å². The highest BCUT2D eigenvalue weighted by atomic mass is 16.1. The third-order valence-corrected chi connectivity index (χ3v) is 2.34. The van der Waals surface area contributed by atoms with Crippen LogP contribution in [0.3, 0.4) is 0 Å². The molecule has 0 aliphatic heterocycles. The molecule has 2 rings (SSSR count). The number of Topliss-reactive ketones (excluding diaryl/α,β-unsaturated/α-hetero) is 1. The zero-order valence-corrected chi connectivity index (χ0v) is 6.79. The van der Waals surface area contributed by atoms with Crippen LogP contribution in [-0.4, -0.2) is 11.8 Å². The molecule has 12 heavy (non-hydrogen) atoms. The van der Waals surface area contributed by atoms with E-state index in [9.17, 15) is 4.79 Å². The molecule has 62 valence electrons. The normalized spacial score (nSPS) is 22.1. The second-order valence-electron chi connectivity index (χ2n) is 3.22. The summed E-state index contributed by atoms with van der Waals surface area (Å²) in [6.45, 7) is 0. The highest BCUT2D eigenvalue weighted by Crippen LogP contribution is 2.17. The number of fused-ring (bicyclic) bond motifs is 1. The van der Waals surface area contributed by atoms with Gasteiger partial charge in [0.25, 0.3) is 0 Å². The molecular formula is C10H11NO. The SMILES string of the molecule is NC1Cc2ccccc2CC1=O. The topological polar surface area (TPSA) is 43.1 Å². The van der Waals surface area contributed by atoms with E-state index >= 15 is 0 Å². The van der Waals surface area contributed by atoms with Gasteiger partial charge in [-0.25, -0.2) is 0 Å². The van der Waals surface area contributed by atoms with Gasteiger partial charge < -0.3 is 5.73 Å². The summed E-state index contributed by atoms with van der Waals surface area (Å²) in [6, 6.07) is 7.71. The standard InChI is InChI=1S/C10H11NO/c11-9-5-7-3-1-2-4-8(7)6-10(9)12/h1-4,9H,5-6,11H2. The minimum Gasteiger partial charge on any atom is -0.321 e. The van der Waals surface area contributed by atoms with Crippen LogP contribution in [0.1, 0.15) is 11.1 Å². The maximum Gasteiger partial charge on any atom is 0.154 e. The molecule has 1 unspecified atom stereocenters. The molecule has 0 spiro atoms. The van der Waals surface area contributed by atoms with Gasteiger partial charge in [-0.1, -0.05) is 24.3 Å². The van der Waals surface area contributed by atoms with E-state index in [1.165, 1.54) is 5.56 Å². The summed E-state index contributed by atoms with van der Waals surface area (Å²) < 4.78 is 0. The molecule has 2 N–H and O–H groups in total. The van der Waals surface area contributed by atoms with Gasteiger partial charge in [0.2, 0.25) is 0 Å². The zero-order valence-electron chi connectivity index (χ0n) is 6.79. The van der Waals surface area contributed by atoms with Gasteiger partial charge in [0.15, 0.2) is 5.78 Å². The summed E-state index contributed by atoms with van der Waals surface area (Å²) in [5, 5.41) is 0. The van der Waals surface area contributed by atoms with Crippen molar-refractivity contribution in [2.45, 2.75) is 18.9 Å². The summed E-state index contributed by atoms with van der Waals surface area (Å²) in [4.78, 5) is 11.2. The molecular weight excluding hydrogens is 150 g/mol. The summed E-state index contributed by atoms with van der Waals surface area (Å²) in [6.07, 6.45) is 1.21. The Morgan fingerprint density at radius 2 is 1.92 bits per heavy atom. The van der Waals surface area contributed by atoms with Crippen molar-refractivity contribution >= 4 is 5.78 Å². The third kappa shape index (κ3) is 1.14. The van der Waals surface area contributed by atoms with E-state index in [-0.39, 0.29) is 11.8 Å². The first-order chi connectivity index (χ1) is 5.77. The van der Waals surface area contributed by atoms with Gasteiger partial charge in [0, 0.05) is 6.42 Å². The van der Waals surface area contributed by atoms with E-state index in [2.05, 4.69) is 0 Å². The molecule has 1 aliphatic rings. The predicted octanol–water partition coefficient (Wildman–Crippen LogP) is 0.682. The van der Waals surface area contributed by atoms with E-state index in [4.69, 9.17) is 5.73 Å². The summed E-state index contributed by atoms with van der Waals surface area (Å²) >= 11 is 0. The van der Waals surface area contributed by atoms with E-state index < -0.39 is 0 Å². The van der Waals surface area contributed by atoms with Crippen LogP contribution in [-0.2, 0) is 17.6 Å². The summed E-state index contributed by atoms with van der Waals surface area (Å²) in [7, 11) is 0. The van der Waals surface area contributed by atoms with Crippen LogP contribution in [0.5, 0.6) is 0 Å². The Labute approximate surface area is 71.4 Å². The molecule has 1 aromatic rings. The summed E-state index contributed by atoms with van der Waals surface area (Å²) in [5.41, 5.74) is 8.01. The number of hydrogen-bond acceptors (Lipinski definition) is 2. The minimum atomic E-state index is -0.278. The van der Waals surface area contributed by atoms with Crippen LogP contribution >= 0.6 is 0 Å². The smallest absolute Gasteiger partial charge is 0.154 e. The Kier molecular flexibility index (Phi) is 1.70. The van der Waals surface area contributed by atoms with Crippen LogP contribution in [0.25, 0.3) is 0 Å². The predicted molar refractivity (Wildman–Crippen MR) is 46.8 cm³/mol. The van der Waals surface area contributed by atoms with Crippen molar-refractivity contribution in [1.82, 2.24) is 0 Å².